The van der Waals surface area contributed by atoms with E-state index in [0.29, 0.717) is 0 Å². The fraction of sp³-hybridized carbons (Fsp3) is 0. The molecule has 0 radical (unpaired) electrons. The molecule has 1 aromatic heterocycles. The van der Waals surface area contributed by atoms with Crippen LogP contribution in [-0.4, -0.2) is 4.92 Å². The molecule has 3 aromatic rings. The summed E-state index contributed by atoms with van der Waals surface area (Å²) in [7, 11) is 0. The number of furan rings is 1. The number of nitrogens with zero attached hydrogens (tertiary/aromatic N) is 1. The normalized spacial score (nSPS) is 11.3. The van der Waals surface area contributed by atoms with E-state index in [2.05, 4.69) is 0 Å². The van der Waals surface area contributed by atoms with Gasteiger partial charge in [0.1, 0.15) is 5.76 Å². The van der Waals surface area contributed by atoms with Gasteiger partial charge in [0.2, 0.25) is 0 Å². The number of hydrogen-bond donors (Lipinski definition) is 0. The summed E-state index contributed by atoms with van der Waals surface area (Å²) in [5.41, 5.74) is 3.02. The minimum atomic E-state index is -0.407. The van der Waals surface area contributed by atoms with Gasteiger partial charge in [0.15, 0.2) is 0 Å². The maximum absolute atomic E-state index is 10.7. The van der Waals surface area contributed by atoms with Crippen molar-refractivity contribution in [1.82, 2.24) is 0 Å². The maximum atomic E-state index is 10.7. The molecule has 0 unspecified atom stereocenters. The number of rotatable bonds is 5. The number of hydrogen-bond acceptors (Lipinski definition) is 3. The number of nitro benzene ring substituents is 1. The highest BCUT2D eigenvalue weighted by atomic mass is 16.6. The lowest BCUT2D eigenvalue weighted by Crippen LogP contribution is -1.86. The molecule has 2 aromatic carbocycles. The van der Waals surface area contributed by atoms with Gasteiger partial charge in [0.05, 0.1) is 11.2 Å². The lowest BCUT2D eigenvalue weighted by atomic mass is 10.1. The smallest absolute Gasteiger partial charge is 0.269 e. The van der Waals surface area contributed by atoms with Crippen LogP contribution < -0.4 is 0 Å². The van der Waals surface area contributed by atoms with Crippen LogP contribution in [0.5, 0.6) is 0 Å². The summed E-state index contributed by atoms with van der Waals surface area (Å²) in [4.78, 5) is 10.3. The van der Waals surface area contributed by atoms with Gasteiger partial charge in [-0.3, -0.25) is 10.1 Å². The third kappa shape index (κ3) is 3.87. The molecular formula is C20H15NO3. The van der Waals surface area contributed by atoms with E-state index in [1.807, 2.05) is 60.7 Å². The van der Waals surface area contributed by atoms with E-state index >= 15 is 0 Å². The third-order valence-electron chi connectivity index (χ3n) is 3.51. The highest BCUT2D eigenvalue weighted by Crippen LogP contribution is 2.19. The van der Waals surface area contributed by atoms with E-state index in [-0.39, 0.29) is 5.69 Å². The van der Waals surface area contributed by atoms with Crippen LogP contribution in [0.3, 0.4) is 0 Å². The summed E-state index contributed by atoms with van der Waals surface area (Å²) >= 11 is 0. The Hall–Kier alpha value is -3.40. The van der Waals surface area contributed by atoms with Gasteiger partial charge in [-0.2, -0.15) is 0 Å². The lowest BCUT2D eigenvalue weighted by Gasteiger charge is -1.95. The van der Waals surface area contributed by atoms with Crippen molar-refractivity contribution in [1.29, 1.82) is 0 Å². The zero-order chi connectivity index (χ0) is 16.8. The molecule has 0 saturated heterocycles. The highest BCUT2D eigenvalue weighted by Gasteiger charge is 2.03. The number of benzene rings is 2. The first-order chi connectivity index (χ1) is 11.7. The van der Waals surface area contributed by atoms with Gasteiger partial charge in [-0.25, -0.2) is 0 Å². The van der Waals surface area contributed by atoms with Crippen molar-refractivity contribution >= 4 is 30.0 Å². The minimum absolute atomic E-state index is 0.0851. The van der Waals surface area contributed by atoms with Crippen molar-refractivity contribution in [3.63, 3.8) is 0 Å². The minimum Gasteiger partial charge on any atom is -0.464 e. The molecule has 0 aliphatic rings. The van der Waals surface area contributed by atoms with Crippen LogP contribution in [0.25, 0.3) is 24.3 Å². The first-order valence-corrected chi connectivity index (χ1v) is 7.45. The van der Waals surface area contributed by atoms with Gasteiger partial charge in [-0.05, 0) is 35.4 Å². The lowest BCUT2D eigenvalue weighted by molar-refractivity contribution is -0.384. The second-order valence-corrected chi connectivity index (χ2v) is 5.17. The predicted molar refractivity (Wildman–Crippen MR) is 96.1 cm³/mol. The molecule has 0 bridgehead atoms. The molecule has 0 atom stereocenters. The molecule has 0 saturated carbocycles. The van der Waals surface area contributed by atoms with Crippen LogP contribution in [0.2, 0.25) is 0 Å². The Morgan fingerprint density at radius 2 is 1.46 bits per heavy atom. The average Bonchev–Trinajstić information content (AvgIpc) is 3.07. The Balaban J connectivity index is 1.75. The topological polar surface area (TPSA) is 56.3 Å². The molecule has 0 N–H and O–H groups in total. The molecule has 4 nitrogen and oxygen atoms in total. The van der Waals surface area contributed by atoms with Gasteiger partial charge in [0.25, 0.3) is 5.69 Å². The van der Waals surface area contributed by atoms with Crippen LogP contribution in [0.4, 0.5) is 5.69 Å². The van der Waals surface area contributed by atoms with Crippen molar-refractivity contribution in [2.75, 3.05) is 0 Å². The molecule has 0 spiro atoms. The van der Waals surface area contributed by atoms with E-state index in [4.69, 9.17) is 4.42 Å². The molecule has 1 heterocycles. The van der Waals surface area contributed by atoms with Crippen LogP contribution in [0, 0.1) is 10.1 Å². The molecule has 0 aliphatic carbocycles. The average molecular weight is 317 g/mol. The van der Waals surface area contributed by atoms with E-state index in [1.165, 1.54) is 12.1 Å². The fourth-order valence-corrected chi connectivity index (χ4v) is 2.23. The predicted octanol–water partition coefficient (Wildman–Crippen LogP) is 5.53. The fourth-order valence-electron chi connectivity index (χ4n) is 2.23. The third-order valence-corrected chi connectivity index (χ3v) is 3.51. The van der Waals surface area contributed by atoms with Crippen LogP contribution in [0.15, 0.2) is 71.3 Å². The van der Waals surface area contributed by atoms with Gasteiger partial charge in [-0.1, -0.05) is 48.6 Å². The van der Waals surface area contributed by atoms with Gasteiger partial charge in [-0.15, -0.1) is 0 Å². The SMILES string of the molecule is O=[N+]([O-])c1ccc(/C=C/c2ccoc2/C=C/c2ccccc2)cc1. The van der Waals surface area contributed by atoms with Crippen molar-refractivity contribution in [2.45, 2.75) is 0 Å². The van der Waals surface area contributed by atoms with Crippen molar-refractivity contribution in [3.8, 4) is 0 Å². The zero-order valence-corrected chi connectivity index (χ0v) is 12.8. The molecule has 0 aliphatic heterocycles. The largest absolute Gasteiger partial charge is 0.464 e. The Morgan fingerprint density at radius 1 is 0.792 bits per heavy atom. The molecule has 0 fully saturated rings. The summed E-state index contributed by atoms with van der Waals surface area (Å²) in [6, 6.07) is 18.3. The number of non-ortho nitro benzene ring substituents is 1. The highest BCUT2D eigenvalue weighted by molar-refractivity contribution is 5.77. The second kappa shape index (κ2) is 7.24. The van der Waals surface area contributed by atoms with E-state index in [1.54, 1.807) is 18.4 Å². The second-order valence-electron chi connectivity index (χ2n) is 5.17. The molecule has 0 amide bonds. The van der Waals surface area contributed by atoms with Gasteiger partial charge >= 0.3 is 0 Å². The van der Waals surface area contributed by atoms with Crippen LogP contribution >= 0.6 is 0 Å². The molecule has 24 heavy (non-hydrogen) atoms. The molecule has 118 valence electrons. The van der Waals surface area contributed by atoms with Gasteiger partial charge < -0.3 is 4.42 Å². The number of nitro groups is 1. The Morgan fingerprint density at radius 3 is 2.17 bits per heavy atom. The Labute approximate surface area is 139 Å². The van der Waals surface area contributed by atoms with Crippen LogP contribution in [-0.2, 0) is 0 Å². The monoisotopic (exact) mass is 317 g/mol. The first-order valence-electron chi connectivity index (χ1n) is 7.45. The van der Waals surface area contributed by atoms with Crippen molar-refractivity contribution < 1.29 is 9.34 Å². The Kier molecular flexibility index (Phi) is 4.68. The molecule has 3 rings (SSSR count). The summed E-state index contributed by atoms with van der Waals surface area (Å²) in [6.45, 7) is 0. The molecule has 4 heteroatoms. The molecular weight excluding hydrogens is 302 g/mol. The van der Waals surface area contributed by atoms with E-state index < -0.39 is 4.92 Å². The standard InChI is InChI=1S/C20H15NO3/c22-21(23)19-11-7-17(8-12-19)6-10-18-14-15-24-20(18)13-9-16-4-2-1-3-5-16/h1-15H/b10-6+,13-9+. The zero-order valence-electron chi connectivity index (χ0n) is 12.8. The van der Waals surface area contributed by atoms with E-state index in [9.17, 15) is 10.1 Å². The van der Waals surface area contributed by atoms with Crippen molar-refractivity contribution in [2.24, 2.45) is 0 Å². The maximum Gasteiger partial charge on any atom is 0.269 e. The summed E-state index contributed by atoms with van der Waals surface area (Å²) in [5.74, 6) is 0.761. The summed E-state index contributed by atoms with van der Waals surface area (Å²) in [5, 5.41) is 10.7. The summed E-state index contributed by atoms with van der Waals surface area (Å²) < 4.78 is 5.50. The Bertz CT molecular complexity index is 875. The van der Waals surface area contributed by atoms with E-state index in [0.717, 1.165) is 22.5 Å². The van der Waals surface area contributed by atoms with Crippen molar-refractivity contribution in [3.05, 3.63) is 99.5 Å². The van der Waals surface area contributed by atoms with Crippen LogP contribution in [0.1, 0.15) is 22.5 Å². The first kappa shape index (κ1) is 15.5. The van der Waals surface area contributed by atoms with Gasteiger partial charge in [0, 0.05) is 17.7 Å². The quantitative estimate of drug-likeness (QED) is 0.459. The summed E-state index contributed by atoms with van der Waals surface area (Å²) in [6.07, 6.45) is 9.37.